The Morgan fingerprint density at radius 3 is 2.52 bits per heavy atom. The monoisotopic (exact) mass is 435 g/mol. The van der Waals surface area contributed by atoms with Crippen molar-refractivity contribution in [3.63, 3.8) is 0 Å². The molecule has 1 N–H and O–H groups in total. The van der Waals surface area contributed by atoms with Crippen molar-refractivity contribution in [3.05, 3.63) is 77.6 Å². The first-order chi connectivity index (χ1) is 14.8. The van der Waals surface area contributed by atoms with Crippen molar-refractivity contribution < 1.29 is 13.2 Å². The minimum Gasteiger partial charge on any atom is -0.494 e. The summed E-state index contributed by atoms with van der Waals surface area (Å²) < 4.78 is 36.3. The van der Waals surface area contributed by atoms with Crippen LogP contribution in [0, 0.1) is 20.8 Å². The molecule has 0 atom stereocenters. The third kappa shape index (κ3) is 4.14. The lowest BCUT2D eigenvalue weighted by Crippen LogP contribution is -2.14. The number of nitrogens with zero attached hydrogens (tertiary/aromatic N) is 2. The van der Waals surface area contributed by atoms with Crippen LogP contribution in [0.1, 0.15) is 23.6 Å². The van der Waals surface area contributed by atoms with Gasteiger partial charge in [-0.1, -0.05) is 18.2 Å². The van der Waals surface area contributed by atoms with Crippen LogP contribution in [0.5, 0.6) is 5.75 Å². The van der Waals surface area contributed by atoms with Crippen molar-refractivity contribution >= 4 is 21.4 Å². The van der Waals surface area contributed by atoms with E-state index in [4.69, 9.17) is 9.72 Å². The molecule has 0 spiro atoms. The van der Waals surface area contributed by atoms with Crippen molar-refractivity contribution in [2.75, 3.05) is 11.3 Å². The molecule has 0 unspecified atom stereocenters. The van der Waals surface area contributed by atoms with Crippen molar-refractivity contribution in [1.82, 2.24) is 9.38 Å². The lowest BCUT2D eigenvalue weighted by molar-refractivity contribution is 0.337. The molecule has 0 bridgehead atoms. The maximum atomic E-state index is 13.0. The summed E-state index contributed by atoms with van der Waals surface area (Å²) >= 11 is 0. The summed E-state index contributed by atoms with van der Waals surface area (Å²) in [6.07, 6.45) is 3.89. The molecule has 0 aliphatic carbocycles. The zero-order valence-electron chi connectivity index (χ0n) is 18.0. The first-order valence-electron chi connectivity index (χ1n) is 10.1. The van der Waals surface area contributed by atoms with E-state index >= 15 is 0 Å². The third-order valence-corrected chi connectivity index (χ3v) is 6.58. The van der Waals surface area contributed by atoms with Gasteiger partial charge in [0.1, 0.15) is 11.4 Å². The van der Waals surface area contributed by atoms with Gasteiger partial charge in [-0.2, -0.15) is 0 Å². The maximum absolute atomic E-state index is 13.0. The fourth-order valence-electron chi connectivity index (χ4n) is 3.49. The van der Waals surface area contributed by atoms with E-state index in [1.54, 1.807) is 18.2 Å². The van der Waals surface area contributed by atoms with Crippen molar-refractivity contribution in [2.24, 2.45) is 0 Å². The second-order valence-electron chi connectivity index (χ2n) is 7.54. The summed E-state index contributed by atoms with van der Waals surface area (Å²) in [4.78, 5) is 4.91. The molecule has 4 aromatic rings. The first kappa shape index (κ1) is 20.9. The molecule has 0 aliphatic rings. The van der Waals surface area contributed by atoms with Crippen molar-refractivity contribution in [2.45, 2.75) is 32.6 Å². The Hall–Kier alpha value is -3.32. The fourth-order valence-corrected chi connectivity index (χ4v) is 4.70. The predicted molar refractivity (Wildman–Crippen MR) is 123 cm³/mol. The van der Waals surface area contributed by atoms with Crippen LogP contribution in [0.15, 0.2) is 65.8 Å². The summed E-state index contributed by atoms with van der Waals surface area (Å²) in [5, 5.41) is 0. The van der Waals surface area contributed by atoms with Gasteiger partial charge in [-0.25, -0.2) is 13.4 Å². The molecule has 0 saturated carbocycles. The second-order valence-corrected chi connectivity index (χ2v) is 9.23. The van der Waals surface area contributed by atoms with Crippen molar-refractivity contribution in [1.29, 1.82) is 0 Å². The number of rotatable bonds is 6. The fraction of sp³-hybridized carbons (Fsp3) is 0.208. The van der Waals surface area contributed by atoms with Gasteiger partial charge >= 0.3 is 0 Å². The van der Waals surface area contributed by atoms with Gasteiger partial charge < -0.3 is 9.14 Å². The molecule has 2 aromatic carbocycles. The second kappa shape index (κ2) is 8.07. The van der Waals surface area contributed by atoms with Crippen molar-refractivity contribution in [3.8, 4) is 17.0 Å². The van der Waals surface area contributed by atoms with Crippen LogP contribution in [0.25, 0.3) is 16.9 Å². The highest BCUT2D eigenvalue weighted by Gasteiger charge is 2.18. The van der Waals surface area contributed by atoms with Gasteiger partial charge in [-0.15, -0.1) is 0 Å². The lowest BCUT2D eigenvalue weighted by atomic mass is 10.1. The molecule has 7 heteroatoms. The summed E-state index contributed by atoms with van der Waals surface area (Å²) in [5.41, 5.74) is 5.71. The average molecular weight is 436 g/mol. The number of anilines is 1. The first-order valence-corrected chi connectivity index (χ1v) is 11.6. The van der Waals surface area contributed by atoms with E-state index in [1.807, 2.05) is 74.8 Å². The number of aromatic nitrogens is 2. The normalized spacial score (nSPS) is 11.6. The van der Waals surface area contributed by atoms with E-state index in [1.165, 1.54) is 0 Å². The van der Waals surface area contributed by atoms with Gasteiger partial charge in [0.25, 0.3) is 10.0 Å². The molecule has 6 nitrogen and oxygen atoms in total. The van der Waals surface area contributed by atoms with E-state index in [0.717, 1.165) is 33.6 Å². The molecule has 160 valence electrons. The number of hydrogen-bond acceptors (Lipinski definition) is 4. The summed E-state index contributed by atoms with van der Waals surface area (Å²) in [6.45, 7) is 8.14. The Morgan fingerprint density at radius 2 is 1.81 bits per heavy atom. The quantitative estimate of drug-likeness (QED) is 0.456. The zero-order chi connectivity index (χ0) is 22.2. The van der Waals surface area contributed by atoms with Crippen LogP contribution in [0.3, 0.4) is 0 Å². The lowest BCUT2D eigenvalue weighted by Gasteiger charge is -2.13. The highest BCUT2D eigenvalue weighted by atomic mass is 32.2. The largest absolute Gasteiger partial charge is 0.494 e. The molecular formula is C24H25N3O3S. The van der Waals surface area contributed by atoms with E-state index in [-0.39, 0.29) is 4.90 Å². The SMILES string of the molecule is CCOc1ccc(S(=O)(=O)Nc2cc(-c3cn4cccc(C)c4n3)ccc2C)cc1C. The number of pyridine rings is 1. The number of nitrogens with one attached hydrogen (secondary N) is 1. The smallest absolute Gasteiger partial charge is 0.261 e. The zero-order valence-corrected chi connectivity index (χ0v) is 18.8. The summed E-state index contributed by atoms with van der Waals surface area (Å²) in [7, 11) is -3.75. The van der Waals surface area contributed by atoms with Gasteiger partial charge in [0.2, 0.25) is 0 Å². The Labute approximate surface area is 182 Å². The standard InChI is InChI=1S/C24H25N3O3S/c1-5-30-23-11-10-20(13-18(23)4)31(28,29)26-21-14-19(9-8-16(21)2)22-15-27-12-6-7-17(3)24(27)25-22/h6-15,26H,5H2,1-4H3. The minimum absolute atomic E-state index is 0.196. The molecule has 31 heavy (non-hydrogen) atoms. The molecule has 0 radical (unpaired) electrons. The number of aryl methyl sites for hydroxylation is 3. The molecular weight excluding hydrogens is 410 g/mol. The molecule has 0 amide bonds. The van der Waals surface area contributed by atoms with E-state index in [0.29, 0.717) is 18.0 Å². The number of benzene rings is 2. The van der Waals surface area contributed by atoms with E-state index in [9.17, 15) is 8.42 Å². The van der Waals surface area contributed by atoms with Gasteiger partial charge in [-0.3, -0.25) is 4.72 Å². The Morgan fingerprint density at radius 1 is 1.00 bits per heavy atom. The number of ether oxygens (including phenoxy) is 1. The van der Waals surface area contributed by atoms with Crippen LogP contribution in [-0.2, 0) is 10.0 Å². The predicted octanol–water partition coefficient (Wildman–Crippen LogP) is 5.13. The van der Waals surface area contributed by atoms with Gasteiger partial charge in [0.05, 0.1) is 22.9 Å². The van der Waals surface area contributed by atoms with Crippen LogP contribution in [0.4, 0.5) is 5.69 Å². The van der Waals surface area contributed by atoms with Gasteiger partial charge in [0, 0.05) is 18.0 Å². The topological polar surface area (TPSA) is 72.7 Å². The summed E-state index contributed by atoms with van der Waals surface area (Å²) in [6, 6.07) is 14.5. The average Bonchev–Trinajstić information content (AvgIpc) is 3.17. The van der Waals surface area contributed by atoms with Crippen LogP contribution < -0.4 is 9.46 Å². The third-order valence-electron chi connectivity index (χ3n) is 5.21. The van der Waals surface area contributed by atoms with Crippen LogP contribution in [0.2, 0.25) is 0 Å². The number of sulfonamides is 1. The van der Waals surface area contributed by atoms with Crippen LogP contribution >= 0.6 is 0 Å². The Balaban J connectivity index is 1.68. The molecule has 0 aliphatic heterocycles. The molecule has 0 saturated heterocycles. The number of fused-ring (bicyclic) bond motifs is 1. The van der Waals surface area contributed by atoms with Gasteiger partial charge in [-0.05, 0) is 74.7 Å². The Kier molecular flexibility index (Phi) is 5.45. The maximum Gasteiger partial charge on any atom is 0.261 e. The minimum atomic E-state index is -3.75. The highest BCUT2D eigenvalue weighted by Crippen LogP contribution is 2.29. The molecule has 0 fully saturated rings. The van der Waals surface area contributed by atoms with Crippen LogP contribution in [-0.4, -0.2) is 24.4 Å². The summed E-state index contributed by atoms with van der Waals surface area (Å²) in [5.74, 6) is 0.682. The van der Waals surface area contributed by atoms with E-state index < -0.39 is 10.0 Å². The molecule has 2 aromatic heterocycles. The molecule has 2 heterocycles. The highest BCUT2D eigenvalue weighted by molar-refractivity contribution is 7.92. The Bertz CT molecular complexity index is 1370. The molecule has 4 rings (SSSR count). The van der Waals surface area contributed by atoms with Gasteiger partial charge in [0.15, 0.2) is 0 Å². The number of imidazole rings is 1. The van der Waals surface area contributed by atoms with E-state index in [2.05, 4.69) is 4.72 Å². The number of hydrogen-bond donors (Lipinski definition) is 1.